The lowest BCUT2D eigenvalue weighted by atomic mass is 10.2. The first kappa shape index (κ1) is 15.3. The average Bonchev–Trinajstić information content (AvgIpc) is 2.29. The largest absolute Gasteiger partial charge is 0.417 e. The molecule has 6 heteroatoms. The Labute approximate surface area is 112 Å². The Kier molecular flexibility index (Phi) is 5.95. The van der Waals surface area contributed by atoms with Crippen molar-refractivity contribution in [3.63, 3.8) is 0 Å². The van der Waals surface area contributed by atoms with E-state index in [1.807, 2.05) is 0 Å². The van der Waals surface area contributed by atoms with E-state index in [0.29, 0.717) is 12.2 Å². The molecule has 0 fully saturated rings. The van der Waals surface area contributed by atoms with Crippen LogP contribution in [0.5, 0.6) is 0 Å². The Morgan fingerprint density at radius 2 is 1.89 bits per heavy atom. The topological polar surface area (TPSA) is 32.3 Å². The van der Waals surface area contributed by atoms with Crippen LogP contribution in [0.25, 0.3) is 0 Å². The zero-order valence-corrected chi connectivity index (χ0v) is 11.3. The molecule has 0 aliphatic heterocycles. The highest BCUT2D eigenvalue weighted by molar-refractivity contribution is 9.10. The molecule has 0 radical (unpaired) electrons. The van der Waals surface area contributed by atoms with Crippen molar-refractivity contribution in [3.05, 3.63) is 28.2 Å². The summed E-state index contributed by atoms with van der Waals surface area (Å²) in [5.74, 6) is 0. The summed E-state index contributed by atoms with van der Waals surface area (Å²) < 4.78 is 37.9. The van der Waals surface area contributed by atoms with Gasteiger partial charge in [-0.1, -0.05) is 15.9 Å². The molecule has 0 aliphatic rings. The fraction of sp³-hybridized carbons (Fsp3) is 0.500. The Bertz CT molecular complexity index is 382. The molecule has 1 aromatic rings. The first-order valence-electron chi connectivity index (χ1n) is 5.66. The van der Waals surface area contributed by atoms with E-state index in [1.165, 1.54) is 6.07 Å². The normalized spacial score (nSPS) is 11.6. The summed E-state index contributed by atoms with van der Waals surface area (Å²) in [4.78, 5) is 0. The second-order valence-corrected chi connectivity index (χ2v) is 4.76. The summed E-state index contributed by atoms with van der Waals surface area (Å²) in [5.41, 5.74) is -0.225. The van der Waals surface area contributed by atoms with Crippen LogP contribution in [0.2, 0.25) is 0 Å². The van der Waals surface area contributed by atoms with Gasteiger partial charge in [0.25, 0.3) is 0 Å². The minimum atomic E-state index is -4.35. The molecule has 0 spiro atoms. The third kappa shape index (κ3) is 4.86. The van der Waals surface area contributed by atoms with Gasteiger partial charge in [-0.05, 0) is 37.5 Å². The van der Waals surface area contributed by atoms with Crippen LogP contribution >= 0.6 is 15.9 Å². The first-order valence-corrected chi connectivity index (χ1v) is 6.46. The molecule has 0 unspecified atom stereocenters. The Hall–Kier alpha value is -0.750. The average molecular weight is 326 g/mol. The van der Waals surface area contributed by atoms with Gasteiger partial charge in [0.2, 0.25) is 0 Å². The van der Waals surface area contributed by atoms with Crippen molar-refractivity contribution in [3.8, 4) is 0 Å². The van der Waals surface area contributed by atoms with Crippen molar-refractivity contribution in [1.29, 1.82) is 0 Å². The number of rotatable bonds is 6. The zero-order chi connectivity index (χ0) is 13.6. The van der Waals surface area contributed by atoms with Crippen molar-refractivity contribution >= 4 is 21.6 Å². The number of aliphatic hydroxyl groups excluding tert-OH is 1. The van der Waals surface area contributed by atoms with Gasteiger partial charge in [0.15, 0.2) is 0 Å². The molecule has 0 heterocycles. The Morgan fingerprint density at radius 3 is 2.50 bits per heavy atom. The van der Waals surface area contributed by atoms with Gasteiger partial charge in [0.1, 0.15) is 0 Å². The molecular weight excluding hydrogens is 311 g/mol. The van der Waals surface area contributed by atoms with E-state index < -0.39 is 11.7 Å². The number of nitrogens with one attached hydrogen (secondary N) is 1. The van der Waals surface area contributed by atoms with Crippen LogP contribution in [-0.2, 0) is 6.18 Å². The summed E-state index contributed by atoms with van der Waals surface area (Å²) >= 11 is 2.89. The van der Waals surface area contributed by atoms with Gasteiger partial charge < -0.3 is 10.4 Å². The summed E-state index contributed by atoms with van der Waals surface area (Å²) in [7, 11) is 0. The second-order valence-electron chi connectivity index (χ2n) is 3.90. The summed E-state index contributed by atoms with van der Waals surface area (Å²) in [5, 5.41) is 11.5. The third-order valence-electron chi connectivity index (χ3n) is 2.44. The molecule has 0 saturated heterocycles. The Balaban J connectivity index is 2.57. The molecule has 2 N–H and O–H groups in total. The van der Waals surface area contributed by atoms with E-state index in [-0.39, 0.29) is 11.1 Å². The Morgan fingerprint density at radius 1 is 1.17 bits per heavy atom. The molecule has 1 rings (SSSR count). The number of unbranched alkanes of at least 4 members (excludes halogenated alkanes) is 2. The van der Waals surface area contributed by atoms with E-state index in [0.717, 1.165) is 25.3 Å². The van der Waals surface area contributed by atoms with Crippen LogP contribution in [0.3, 0.4) is 0 Å². The zero-order valence-electron chi connectivity index (χ0n) is 9.73. The highest BCUT2D eigenvalue weighted by Gasteiger charge is 2.33. The maximum absolute atomic E-state index is 12.6. The molecule has 102 valence electrons. The van der Waals surface area contributed by atoms with Crippen LogP contribution in [0.4, 0.5) is 18.9 Å². The summed E-state index contributed by atoms with van der Waals surface area (Å²) in [6, 6.07) is 4.08. The molecular formula is C12H15BrF3NO. The fourth-order valence-electron chi connectivity index (χ4n) is 1.50. The van der Waals surface area contributed by atoms with E-state index in [4.69, 9.17) is 5.11 Å². The highest BCUT2D eigenvalue weighted by atomic mass is 79.9. The standard InChI is InChI=1S/C12H15BrF3NO/c13-11-5-4-9(8-10(11)12(14,15)16)17-6-2-1-3-7-18/h4-5,8,17-18H,1-3,6-7H2. The third-order valence-corrected chi connectivity index (χ3v) is 3.13. The fourth-order valence-corrected chi connectivity index (χ4v) is 1.97. The van der Waals surface area contributed by atoms with Crippen LogP contribution in [0.1, 0.15) is 24.8 Å². The first-order chi connectivity index (χ1) is 8.45. The molecule has 0 atom stereocenters. The quantitative estimate of drug-likeness (QED) is 0.773. The van der Waals surface area contributed by atoms with Gasteiger partial charge in [-0.3, -0.25) is 0 Å². The van der Waals surface area contributed by atoms with Crippen LogP contribution < -0.4 is 5.32 Å². The predicted octanol–water partition coefficient (Wildman–Crippen LogP) is 4.04. The van der Waals surface area contributed by atoms with Gasteiger partial charge in [0.05, 0.1) is 5.56 Å². The number of hydrogen-bond acceptors (Lipinski definition) is 2. The van der Waals surface area contributed by atoms with Gasteiger partial charge in [-0.15, -0.1) is 0 Å². The van der Waals surface area contributed by atoms with Gasteiger partial charge in [-0.25, -0.2) is 0 Å². The lowest BCUT2D eigenvalue weighted by Gasteiger charge is -2.12. The molecule has 18 heavy (non-hydrogen) atoms. The van der Waals surface area contributed by atoms with Gasteiger partial charge in [-0.2, -0.15) is 13.2 Å². The van der Waals surface area contributed by atoms with Crippen molar-refractivity contribution in [2.24, 2.45) is 0 Å². The second kappa shape index (κ2) is 6.99. The van der Waals surface area contributed by atoms with Gasteiger partial charge in [0, 0.05) is 23.3 Å². The maximum atomic E-state index is 12.6. The van der Waals surface area contributed by atoms with E-state index >= 15 is 0 Å². The lowest BCUT2D eigenvalue weighted by molar-refractivity contribution is -0.138. The van der Waals surface area contributed by atoms with Crippen molar-refractivity contribution in [2.75, 3.05) is 18.5 Å². The van der Waals surface area contributed by atoms with E-state index in [1.54, 1.807) is 6.07 Å². The smallest absolute Gasteiger partial charge is 0.396 e. The molecule has 2 nitrogen and oxygen atoms in total. The minimum absolute atomic E-state index is 0.0424. The molecule has 0 amide bonds. The number of halogens is 4. The van der Waals surface area contributed by atoms with Gasteiger partial charge >= 0.3 is 6.18 Å². The lowest BCUT2D eigenvalue weighted by Crippen LogP contribution is -2.08. The van der Waals surface area contributed by atoms with Crippen molar-refractivity contribution in [1.82, 2.24) is 0 Å². The summed E-state index contributed by atoms with van der Waals surface area (Å²) in [6.07, 6.45) is -1.96. The minimum Gasteiger partial charge on any atom is -0.396 e. The molecule has 0 aliphatic carbocycles. The van der Waals surface area contributed by atoms with E-state index in [2.05, 4.69) is 21.2 Å². The summed E-state index contributed by atoms with van der Waals surface area (Å²) in [6.45, 7) is 0.745. The number of hydrogen-bond donors (Lipinski definition) is 2. The number of aliphatic hydroxyl groups is 1. The SMILES string of the molecule is OCCCCCNc1ccc(Br)c(C(F)(F)F)c1. The van der Waals surface area contributed by atoms with Crippen molar-refractivity contribution < 1.29 is 18.3 Å². The number of anilines is 1. The van der Waals surface area contributed by atoms with Crippen LogP contribution in [0, 0.1) is 0 Å². The monoisotopic (exact) mass is 325 g/mol. The van der Waals surface area contributed by atoms with E-state index in [9.17, 15) is 13.2 Å². The number of alkyl halides is 3. The van der Waals surface area contributed by atoms with Crippen molar-refractivity contribution in [2.45, 2.75) is 25.4 Å². The highest BCUT2D eigenvalue weighted by Crippen LogP contribution is 2.36. The molecule has 1 aromatic carbocycles. The maximum Gasteiger partial charge on any atom is 0.417 e. The molecule has 0 bridgehead atoms. The molecule has 0 saturated carbocycles. The van der Waals surface area contributed by atoms with Crippen LogP contribution in [-0.4, -0.2) is 18.3 Å². The van der Waals surface area contributed by atoms with Crippen LogP contribution in [0.15, 0.2) is 22.7 Å². The molecule has 0 aromatic heterocycles. The number of benzene rings is 1. The predicted molar refractivity (Wildman–Crippen MR) is 68.6 cm³/mol.